The second-order valence-corrected chi connectivity index (χ2v) is 6.22. The van der Waals surface area contributed by atoms with Gasteiger partial charge in [-0.05, 0) is 54.4 Å². The Hall–Kier alpha value is -3.74. The minimum absolute atomic E-state index is 0.275. The highest BCUT2D eigenvalue weighted by atomic mass is 19.1. The van der Waals surface area contributed by atoms with Gasteiger partial charge in [0.1, 0.15) is 11.6 Å². The number of aromatic nitrogens is 1. The molecule has 0 unspecified atom stereocenters. The smallest absolute Gasteiger partial charge is 0.337 e. The molecule has 2 aromatic carbocycles. The molecule has 2 N–H and O–H groups in total. The van der Waals surface area contributed by atoms with E-state index >= 15 is 0 Å². The number of pyridine rings is 1. The van der Waals surface area contributed by atoms with Crippen molar-refractivity contribution in [2.75, 3.05) is 19.0 Å². The molecular formula is C22H20FN3O3. The average molecular weight is 393 g/mol. The van der Waals surface area contributed by atoms with Crippen molar-refractivity contribution < 1.29 is 18.7 Å². The Bertz CT molecular complexity index is 989. The van der Waals surface area contributed by atoms with E-state index in [0.717, 1.165) is 5.69 Å². The molecule has 148 valence electrons. The summed E-state index contributed by atoms with van der Waals surface area (Å²) in [6.07, 6.45) is 1.87. The molecule has 0 spiro atoms. The molecule has 3 rings (SSSR count). The van der Waals surface area contributed by atoms with Crippen molar-refractivity contribution >= 4 is 23.4 Å². The van der Waals surface area contributed by atoms with Crippen LogP contribution in [0.3, 0.4) is 0 Å². The van der Waals surface area contributed by atoms with Gasteiger partial charge in [0.05, 0.1) is 18.2 Å². The lowest BCUT2D eigenvalue weighted by Crippen LogP contribution is -2.26. The van der Waals surface area contributed by atoms with Crippen molar-refractivity contribution in [3.63, 3.8) is 0 Å². The lowest BCUT2D eigenvalue weighted by atomic mass is 10.1. The molecule has 0 fully saturated rings. The van der Waals surface area contributed by atoms with E-state index in [1.54, 1.807) is 54.6 Å². The molecule has 7 heteroatoms. The fraction of sp³-hybridized carbons (Fsp3) is 0.136. The second-order valence-electron chi connectivity index (χ2n) is 6.22. The zero-order chi connectivity index (χ0) is 20.6. The Labute approximate surface area is 167 Å². The van der Waals surface area contributed by atoms with Crippen molar-refractivity contribution in [3.05, 3.63) is 89.4 Å². The number of ether oxygens (including phenoxy) is 1. The van der Waals surface area contributed by atoms with Gasteiger partial charge in [-0.2, -0.15) is 0 Å². The predicted octanol–water partition coefficient (Wildman–Crippen LogP) is 3.72. The van der Waals surface area contributed by atoms with Gasteiger partial charge in [-0.15, -0.1) is 0 Å². The number of anilines is 2. The third kappa shape index (κ3) is 5.38. The van der Waals surface area contributed by atoms with Crippen molar-refractivity contribution in [2.45, 2.75) is 6.42 Å². The Balaban J connectivity index is 1.53. The van der Waals surface area contributed by atoms with Crippen LogP contribution in [0.25, 0.3) is 0 Å². The highest BCUT2D eigenvalue weighted by Gasteiger charge is 2.08. The molecule has 0 bridgehead atoms. The van der Waals surface area contributed by atoms with Gasteiger partial charge in [0, 0.05) is 18.4 Å². The summed E-state index contributed by atoms with van der Waals surface area (Å²) < 4.78 is 18.2. The molecule has 1 heterocycles. The van der Waals surface area contributed by atoms with E-state index in [9.17, 15) is 14.0 Å². The van der Waals surface area contributed by atoms with Crippen LogP contribution in [0.15, 0.2) is 66.9 Å². The first-order valence-electron chi connectivity index (χ1n) is 9.00. The van der Waals surface area contributed by atoms with Gasteiger partial charge in [-0.25, -0.2) is 14.2 Å². The van der Waals surface area contributed by atoms with Crippen molar-refractivity contribution in [1.29, 1.82) is 0 Å². The summed E-state index contributed by atoms with van der Waals surface area (Å²) in [5, 5.41) is 5.84. The number of nitrogens with zero attached hydrogens (tertiary/aromatic N) is 1. The SMILES string of the molecule is COC(=O)c1ccc(Nc2ccc(C(=O)NCCc3ccccc3F)cn2)cc1. The number of hydrogen-bond donors (Lipinski definition) is 2. The van der Waals surface area contributed by atoms with Crippen molar-refractivity contribution in [1.82, 2.24) is 10.3 Å². The molecule has 0 aliphatic heterocycles. The third-order valence-electron chi connectivity index (χ3n) is 4.24. The van der Waals surface area contributed by atoms with Gasteiger partial charge >= 0.3 is 5.97 Å². The number of methoxy groups -OCH3 is 1. The Morgan fingerprint density at radius 3 is 2.38 bits per heavy atom. The molecular weight excluding hydrogens is 373 g/mol. The van der Waals surface area contributed by atoms with Gasteiger partial charge in [-0.3, -0.25) is 4.79 Å². The summed E-state index contributed by atoms with van der Waals surface area (Å²) in [4.78, 5) is 27.9. The number of hydrogen-bond acceptors (Lipinski definition) is 5. The number of carbonyl (C=O) groups excluding carboxylic acids is 2. The Kier molecular flexibility index (Phi) is 6.52. The van der Waals surface area contributed by atoms with Crippen LogP contribution in [0.5, 0.6) is 0 Å². The Morgan fingerprint density at radius 2 is 1.72 bits per heavy atom. The highest BCUT2D eigenvalue weighted by molar-refractivity contribution is 5.94. The van der Waals surface area contributed by atoms with E-state index in [1.807, 2.05) is 0 Å². The van der Waals surface area contributed by atoms with E-state index in [2.05, 4.69) is 20.4 Å². The number of halogens is 1. The monoisotopic (exact) mass is 393 g/mol. The minimum atomic E-state index is -0.403. The highest BCUT2D eigenvalue weighted by Crippen LogP contribution is 2.16. The third-order valence-corrected chi connectivity index (χ3v) is 4.24. The summed E-state index contributed by atoms with van der Waals surface area (Å²) in [6.45, 7) is 0.326. The summed E-state index contributed by atoms with van der Waals surface area (Å²) >= 11 is 0. The van der Waals surface area contributed by atoms with E-state index < -0.39 is 5.97 Å². The number of carbonyl (C=O) groups is 2. The van der Waals surface area contributed by atoms with Gasteiger partial charge in [-0.1, -0.05) is 18.2 Å². The minimum Gasteiger partial charge on any atom is -0.465 e. The van der Waals surface area contributed by atoms with Crippen LogP contribution in [-0.2, 0) is 11.2 Å². The van der Waals surface area contributed by atoms with E-state index in [0.29, 0.717) is 35.5 Å². The van der Waals surface area contributed by atoms with Crippen LogP contribution in [0.4, 0.5) is 15.9 Å². The molecule has 0 saturated carbocycles. The van der Waals surface area contributed by atoms with Gasteiger partial charge in [0.15, 0.2) is 0 Å². The summed E-state index contributed by atoms with van der Waals surface area (Å²) in [7, 11) is 1.33. The predicted molar refractivity (Wildman–Crippen MR) is 108 cm³/mol. The molecule has 0 radical (unpaired) electrons. The van der Waals surface area contributed by atoms with Crippen LogP contribution < -0.4 is 10.6 Å². The normalized spacial score (nSPS) is 10.3. The number of benzene rings is 2. The van der Waals surface area contributed by atoms with E-state index in [-0.39, 0.29) is 11.7 Å². The van der Waals surface area contributed by atoms with E-state index in [1.165, 1.54) is 19.4 Å². The topological polar surface area (TPSA) is 80.3 Å². The molecule has 0 aliphatic rings. The second kappa shape index (κ2) is 9.45. The average Bonchev–Trinajstić information content (AvgIpc) is 2.75. The van der Waals surface area contributed by atoms with Crippen LogP contribution in [0.2, 0.25) is 0 Å². The van der Waals surface area contributed by atoms with Crippen LogP contribution >= 0.6 is 0 Å². The van der Waals surface area contributed by atoms with Crippen molar-refractivity contribution in [3.8, 4) is 0 Å². The molecule has 1 amide bonds. The number of nitrogens with one attached hydrogen (secondary N) is 2. The lowest BCUT2D eigenvalue weighted by Gasteiger charge is -2.08. The standard InChI is InChI=1S/C22H20FN3O3/c1-29-22(28)16-6-9-18(10-7-16)26-20-11-8-17(14-25-20)21(27)24-13-12-15-4-2-3-5-19(15)23/h2-11,14H,12-13H2,1H3,(H,24,27)(H,25,26). The largest absolute Gasteiger partial charge is 0.465 e. The summed E-state index contributed by atoms with van der Waals surface area (Å²) in [5.74, 6) is -0.403. The lowest BCUT2D eigenvalue weighted by molar-refractivity contribution is 0.0600. The fourth-order valence-corrected chi connectivity index (χ4v) is 2.67. The Morgan fingerprint density at radius 1 is 1.00 bits per heavy atom. The van der Waals surface area contributed by atoms with Gasteiger partial charge < -0.3 is 15.4 Å². The first-order valence-corrected chi connectivity index (χ1v) is 9.00. The van der Waals surface area contributed by atoms with Gasteiger partial charge in [0.25, 0.3) is 5.91 Å². The molecule has 6 nitrogen and oxygen atoms in total. The van der Waals surface area contributed by atoms with Crippen LogP contribution in [0, 0.1) is 5.82 Å². The molecule has 1 aromatic heterocycles. The maximum atomic E-state index is 13.6. The quantitative estimate of drug-likeness (QED) is 0.598. The van der Waals surface area contributed by atoms with E-state index in [4.69, 9.17) is 0 Å². The number of rotatable bonds is 7. The maximum absolute atomic E-state index is 13.6. The van der Waals surface area contributed by atoms with Crippen LogP contribution in [-0.4, -0.2) is 30.5 Å². The zero-order valence-electron chi connectivity index (χ0n) is 15.8. The van der Waals surface area contributed by atoms with Crippen molar-refractivity contribution in [2.24, 2.45) is 0 Å². The summed E-state index contributed by atoms with van der Waals surface area (Å²) in [6, 6.07) is 16.6. The molecule has 0 saturated heterocycles. The molecule has 0 atom stereocenters. The summed E-state index contributed by atoms with van der Waals surface area (Å²) in [5.41, 5.74) is 2.16. The molecule has 0 aliphatic carbocycles. The van der Waals surface area contributed by atoms with Crippen LogP contribution in [0.1, 0.15) is 26.3 Å². The molecule has 29 heavy (non-hydrogen) atoms. The van der Waals surface area contributed by atoms with Gasteiger partial charge in [0.2, 0.25) is 0 Å². The first-order chi connectivity index (χ1) is 14.1. The maximum Gasteiger partial charge on any atom is 0.337 e. The number of amides is 1. The first kappa shape index (κ1) is 20.0. The number of esters is 1. The molecule has 3 aromatic rings. The zero-order valence-corrected chi connectivity index (χ0v) is 15.8. The fourth-order valence-electron chi connectivity index (χ4n) is 2.67.